The molecule has 0 saturated heterocycles. The topological polar surface area (TPSA) is 30.8 Å². The molecule has 1 aliphatic heterocycles. The first kappa shape index (κ1) is 14.7. The van der Waals surface area contributed by atoms with Gasteiger partial charge in [0.25, 0.3) is 0 Å². The Bertz CT molecular complexity index is 256. The van der Waals surface area contributed by atoms with Gasteiger partial charge in [-0.3, -0.25) is 0 Å². The van der Waals surface area contributed by atoms with Gasteiger partial charge >= 0.3 is 0 Å². The molecule has 0 N–H and O–H groups in total. The Morgan fingerprint density at radius 2 is 1.88 bits per heavy atom. The van der Waals surface area contributed by atoms with Crippen LogP contribution in [0, 0.1) is 0 Å². The monoisotopic (exact) mass is 257 g/mol. The van der Waals surface area contributed by atoms with E-state index >= 15 is 0 Å². The Balaban J connectivity index is 2.52. The van der Waals surface area contributed by atoms with Gasteiger partial charge in [-0.1, -0.05) is 32.9 Å². The number of hydrogen-bond acceptors (Lipinski definition) is 3. The molecule has 3 nitrogen and oxygen atoms in total. The second-order valence-electron chi connectivity index (χ2n) is 4.93. The first-order chi connectivity index (χ1) is 8.10. The first-order valence-electron chi connectivity index (χ1n) is 7.00. The summed E-state index contributed by atoms with van der Waals surface area (Å²) >= 11 is 0. The second kappa shape index (κ2) is 6.54. The van der Waals surface area contributed by atoms with E-state index in [2.05, 4.69) is 39.8 Å². The van der Waals surface area contributed by atoms with Crippen molar-refractivity contribution in [1.82, 2.24) is 0 Å². The zero-order valence-electron chi connectivity index (χ0n) is 12.0. The highest BCUT2D eigenvalue weighted by atomic mass is 28.4. The standard InChI is InChI=1S/C13H27NO2Si/c1-6-12-10-13(15-14-12)11(5)16-17(7-2,8-3)9-4/h11,13H,6-10H2,1-5H3/t11-,13-/m1/s1. The van der Waals surface area contributed by atoms with Gasteiger partial charge in [0.15, 0.2) is 14.4 Å². The van der Waals surface area contributed by atoms with Gasteiger partial charge in [-0.15, -0.1) is 0 Å². The summed E-state index contributed by atoms with van der Waals surface area (Å²) in [5, 5.41) is 4.12. The van der Waals surface area contributed by atoms with Gasteiger partial charge in [0.1, 0.15) is 0 Å². The van der Waals surface area contributed by atoms with E-state index in [9.17, 15) is 0 Å². The third-order valence-electron chi connectivity index (χ3n) is 4.05. The lowest BCUT2D eigenvalue weighted by Gasteiger charge is -2.33. The van der Waals surface area contributed by atoms with Gasteiger partial charge in [0.05, 0.1) is 11.8 Å². The smallest absolute Gasteiger partial charge is 0.192 e. The zero-order valence-corrected chi connectivity index (χ0v) is 13.0. The molecule has 0 spiro atoms. The summed E-state index contributed by atoms with van der Waals surface area (Å²) in [6.45, 7) is 11.0. The van der Waals surface area contributed by atoms with Crippen LogP contribution in [-0.4, -0.2) is 26.2 Å². The SMILES string of the molecule is CCC1=NO[C@@H]([C@@H](C)O[Si](CC)(CC)CC)C1. The highest BCUT2D eigenvalue weighted by Crippen LogP contribution is 2.27. The van der Waals surface area contributed by atoms with Crippen molar-refractivity contribution in [3.05, 3.63) is 0 Å². The maximum Gasteiger partial charge on any atom is 0.192 e. The molecule has 100 valence electrons. The predicted octanol–water partition coefficient (Wildman–Crippen LogP) is 3.95. The van der Waals surface area contributed by atoms with Gasteiger partial charge in [-0.05, 0) is 31.5 Å². The summed E-state index contributed by atoms with van der Waals surface area (Å²) in [4.78, 5) is 5.48. The van der Waals surface area contributed by atoms with E-state index in [1.54, 1.807) is 0 Å². The van der Waals surface area contributed by atoms with Crippen molar-refractivity contribution in [3.63, 3.8) is 0 Å². The summed E-state index contributed by atoms with van der Waals surface area (Å²) in [7, 11) is -1.51. The lowest BCUT2D eigenvalue weighted by atomic mass is 10.1. The molecule has 4 heteroatoms. The molecule has 0 aromatic rings. The molecule has 0 saturated carbocycles. The van der Waals surface area contributed by atoms with Crippen LogP contribution in [0.25, 0.3) is 0 Å². The highest BCUT2D eigenvalue weighted by molar-refractivity contribution is 6.73. The van der Waals surface area contributed by atoms with Crippen LogP contribution in [0.1, 0.15) is 47.5 Å². The fourth-order valence-corrected chi connectivity index (χ4v) is 5.32. The van der Waals surface area contributed by atoms with Gasteiger partial charge < -0.3 is 9.26 Å². The van der Waals surface area contributed by atoms with Crippen LogP contribution in [0.15, 0.2) is 5.16 Å². The van der Waals surface area contributed by atoms with E-state index in [1.165, 1.54) is 23.8 Å². The molecule has 17 heavy (non-hydrogen) atoms. The lowest BCUT2D eigenvalue weighted by molar-refractivity contribution is -0.000959. The van der Waals surface area contributed by atoms with Crippen LogP contribution in [0.4, 0.5) is 0 Å². The van der Waals surface area contributed by atoms with E-state index in [0.717, 1.165) is 12.8 Å². The molecule has 0 unspecified atom stereocenters. The molecule has 0 radical (unpaired) electrons. The van der Waals surface area contributed by atoms with Gasteiger partial charge in [0.2, 0.25) is 0 Å². The van der Waals surface area contributed by atoms with Crippen molar-refractivity contribution in [2.75, 3.05) is 0 Å². The summed E-state index contributed by atoms with van der Waals surface area (Å²) in [6.07, 6.45) is 2.25. The fourth-order valence-electron chi connectivity index (χ4n) is 2.38. The maximum absolute atomic E-state index is 6.40. The lowest BCUT2D eigenvalue weighted by Crippen LogP contribution is -2.43. The molecule has 0 fully saturated rings. The molecule has 0 aliphatic carbocycles. The number of rotatable bonds is 7. The van der Waals surface area contributed by atoms with Crippen LogP contribution < -0.4 is 0 Å². The van der Waals surface area contributed by atoms with Crippen LogP contribution in [0.5, 0.6) is 0 Å². The molecular formula is C13H27NO2Si. The van der Waals surface area contributed by atoms with Crippen molar-refractivity contribution in [2.45, 2.75) is 77.8 Å². The zero-order chi connectivity index (χ0) is 12.9. The van der Waals surface area contributed by atoms with E-state index in [0.29, 0.717) is 0 Å². The minimum absolute atomic E-state index is 0.140. The van der Waals surface area contributed by atoms with Crippen LogP contribution in [0.2, 0.25) is 18.1 Å². The molecule has 2 atom stereocenters. The Kier molecular flexibility index (Phi) is 5.66. The third-order valence-corrected chi connectivity index (χ3v) is 8.79. The van der Waals surface area contributed by atoms with Gasteiger partial charge in [-0.25, -0.2) is 0 Å². The molecule has 1 aliphatic rings. The van der Waals surface area contributed by atoms with Crippen LogP contribution in [-0.2, 0) is 9.26 Å². The van der Waals surface area contributed by atoms with E-state index in [-0.39, 0.29) is 12.2 Å². The van der Waals surface area contributed by atoms with E-state index in [1.807, 2.05) is 0 Å². The Morgan fingerprint density at radius 1 is 1.29 bits per heavy atom. The Morgan fingerprint density at radius 3 is 2.29 bits per heavy atom. The molecule has 1 rings (SSSR count). The van der Waals surface area contributed by atoms with E-state index < -0.39 is 8.32 Å². The molecule has 0 amide bonds. The average Bonchev–Trinajstić information content (AvgIpc) is 2.85. The number of nitrogens with zero attached hydrogens (tertiary/aromatic N) is 1. The predicted molar refractivity (Wildman–Crippen MR) is 75.0 cm³/mol. The fraction of sp³-hybridized carbons (Fsp3) is 0.923. The normalized spacial score (nSPS) is 22.2. The van der Waals surface area contributed by atoms with Crippen molar-refractivity contribution >= 4 is 14.0 Å². The van der Waals surface area contributed by atoms with Crippen LogP contribution >= 0.6 is 0 Å². The molecular weight excluding hydrogens is 230 g/mol. The third kappa shape index (κ3) is 3.55. The van der Waals surface area contributed by atoms with Gasteiger partial charge in [-0.2, -0.15) is 0 Å². The van der Waals surface area contributed by atoms with Crippen molar-refractivity contribution in [1.29, 1.82) is 0 Å². The molecule has 0 aromatic heterocycles. The number of hydrogen-bond donors (Lipinski definition) is 0. The summed E-state index contributed by atoms with van der Waals surface area (Å²) in [6, 6.07) is 3.58. The first-order valence-corrected chi connectivity index (χ1v) is 9.53. The van der Waals surface area contributed by atoms with Crippen molar-refractivity contribution in [3.8, 4) is 0 Å². The molecule has 0 aromatic carbocycles. The van der Waals surface area contributed by atoms with Gasteiger partial charge in [0, 0.05) is 6.42 Å². The molecule has 0 bridgehead atoms. The maximum atomic E-state index is 6.40. The summed E-state index contributed by atoms with van der Waals surface area (Å²) in [5.41, 5.74) is 1.17. The quantitative estimate of drug-likeness (QED) is 0.647. The molecule has 1 heterocycles. The second-order valence-corrected chi connectivity index (χ2v) is 9.65. The minimum atomic E-state index is -1.51. The average molecular weight is 257 g/mol. The van der Waals surface area contributed by atoms with Crippen LogP contribution in [0.3, 0.4) is 0 Å². The van der Waals surface area contributed by atoms with Crippen molar-refractivity contribution in [2.24, 2.45) is 5.16 Å². The Labute approximate surface area is 107 Å². The minimum Gasteiger partial charge on any atom is -0.410 e. The Hall–Kier alpha value is -0.353. The van der Waals surface area contributed by atoms with E-state index in [4.69, 9.17) is 9.26 Å². The number of oxime groups is 1. The summed E-state index contributed by atoms with van der Waals surface area (Å²) < 4.78 is 6.40. The summed E-state index contributed by atoms with van der Waals surface area (Å²) in [5.74, 6) is 0. The largest absolute Gasteiger partial charge is 0.410 e. The van der Waals surface area contributed by atoms with Crippen molar-refractivity contribution < 1.29 is 9.26 Å². The highest BCUT2D eigenvalue weighted by Gasteiger charge is 2.35.